The predicted octanol–water partition coefficient (Wildman–Crippen LogP) is 5.63. The Balaban J connectivity index is 1.57. The van der Waals surface area contributed by atoms with Crippen molar-refractivity contribution in [2.45, 2.75) is 89.6 Å². The first-order valence-corrected chi connectivity index (χ1v) is 13.4. The monoisotopic (exact) mass is 492 g/mol. The Labute approximate surface area is 212 Å². The van der Waals surface area contributed by atoms with Gasteiger partial charge in [0.25, 0.3) is 0 Å². The zero-order valence-electron chi connectivity index (χ0n) is 21.3. The number of ether oxygens (including phenoxy) is 1. The number of aliphatic carboxylic acids is 1. The third-order valence-corrected chi connectivity index (χ3v) is 8.76. The van der Waals surface area contributed by atoms with Crippen molar-refractivity contribution in [3.63, 3.8) is 0 Å². The molecule has 0 saturated heterocycles. The lowest BCUT2D eigenvalue weighted by Gasteiger charge is -2.34. The number of carboxylic acids is 1. The molecular weight excluding hydrogens is 456 g/mol. The van der Waals surface area contributed by atoms with Crippen LogP contribution >= 0.6 is 0 Å². The lowest BCUT2D eigenvalue weighted by atomic mass is 9.81. The molecule has 2 aliphatic carbocycles. The molecule has 2 aromatic rings. The first-order chi connectivity index (χ1) is 17.4. The van der Waals surface area contributed by atoms with Crippen LogP contribution in [0.4, 0.5) is 10.5 Å². The second-order valence-corrected chi connectivity index (χ2v) is 11.0. The summed E-state index contributed by atoms with van der Waals surface area (Å²) in [6, 6.07) is 6.66. The number of aromatic nitrogens is 2. The fraction of sp³-hybridized carbons (Fsp3) is 0.643. The number of rotatable bonds is 4. The Morgan fingerprint density at radius 1 is 1.17 bits per heavy atom. The van der Waals surface area contributed by atoms with Gasteiger partial charge in [-0.25, -0.2) is 9.78 Å². The van der Waals surface area contributed by atoms with E-state index in [9.17, 15) is 20.0 Å². The molecule has 1 aliphatic heterocycles. The van der Waals surface area contributed by atoms with Crippen molar-refractivity contribution >= 4 is 28.8 Å². The Morgan fingerprint density at radius 2 is 1.94 bits per heavy atom. The minimum absolute atomic E-state index is 0.0499. The first-order valence-electron chi connectivity index (χ1n) is 13.4. The summed E-state index contributed by atoms with van der Waals surface area (Å²) in [5, 5.41) is 19.0. The average Bonchev–Trinajstić information content (AvgIpc) is 3.26. The number of benzene rings is 1. The third kappa shape index (κ3) is 4.44. The zero-order chi connectivity index (χ0) is 25.4. The van der Waals surface area contributed by atoms with Crippen LogP contribution in [0.2, 0.25) is 0 Å². The molecule has 0 spiro atoms. The number of nitrogens with zero attached hydrogens (tertiary/aromatic N) is 4. The minimum Gasteiger partial charge on any atom is -0.481 e. The summed E-state index contributed by atoms with van der Waals surface area (Å²) < 4.78 is 7.42. The highest BCUT2D eigenvalue weighted by atomic mass is 16.5. The van der Waals surface area contributed by atoms with Crippen molar-refractivity contribution in [3.05, 3.63) is 23.5 Å². The maximum atomic E-state index is 12.6. The molecule has 1 N–H and O–H groups in total. The number of imidazole rings is 1. The summed E-state index contributed by atoms with van der Waals surface area (Å²) in [7, 11) is 1.41. The van der Waals surface area contributed by atoms with Crippen molar-refractivity contribution in [1.82, 2.24) is 9.55 Å². The lowest BCUT2D eigenvalue weighted by Crippen LogP contribution is -2.42. The van der Waals surface area contributed by atoms with E-state index in [0.29, 0.717) is 12.3 Å². The second kappa shape index (κ2) is 10.1. The fourth-order valence-corrected chi connectivity index (χ4v) is 6.75. The lowest BCUT2D eigenvalue weighted by molar-refractivity contribution is -0.143. The predicted molar refractivity (Wildman–Crippen MR) is 136 cm³/mol. The Bertz CT molecular complexity index is 1190. The Hall–Kier alpha value is -3.08. The van der Waals surface area contributed by atoms with Crippen molar-refractivity contribution in [1.29, 1.82) is 5.26 Å². The van der Waals surface area contributed by atoms with Crippen LogP contribution in [-0.4, -0.2) is 39.9 Å². The topological polar surface area (TPSA) is 108 Å². The Morgan fingerprint density at radius 3 is 2.64 bits per heavy atom. The van der Waals surface area contributed by atoms with Gasteiger partial charge in [-0.2, -0.15) is 5.26 Å². The maximum Gasteiger partial charge on any atom is 0.414 e. The van der Waals surface area contributed by atoms with Crippen LogP contribution in [0, 0.1) is 29.1 Å². The summed E-state index contributed by atoms with van der Waals surface area (Å²) in [4.78, 5) is 31.4. The van der Waals surface area contributed by atoms with Crippen LogP contribution < -0.4 is 4.90 Å². The van der Waals surface area contributed by atoms with Crippen molar-refractivity contribution in [3.8, 4) is 6.07 Å². The number of amides is 1. The molecule has 0 radical (unpaired) electrons. The van der Waals surface area contributed by atoms with Crippen molar-refractivity contribution < 1.29 is 19.4 Å². The Kier molecular flexibility index (Phi) is 6.92. The number of fused-ring (bicyclic) bond motifs is 3. The maximum absolute atomic E-state index is 12.6. The van der Waals surface area contributed by atoms with Gasteiger partial charge in [0.2, 0.25) is 0 Å². The molecule has 3 aliphatic rings. The highest BCUT2D eigenvalue weighted by Crippen LogP contribution is 2.41. The standard InChI is InChI=1S/C28H36N4O4/c1-17-6-11-22-23(31(17)28(35)36-2)12-13-24-26(22)30-25(14-18-7-9-19(16-29)10-8-18)32(24)21-5-3-4-20(15-21)27(33)34/h12-13,17-21H,3-11,14-15H2,1-2H3,(H,33,34)/t17-,18?,19?,20?,21?/m0/s1. The first kappa shape index (κ1) is 24.6. The van der Waals surface area contributed by atoms with Crippen molar-refractivity contribution in [2.75, 3.05) is 12.0 Å². The van der Waals surface area contributed by atoms with Gasteiger partial charge in [-0.1, -0.05) is 6.42 Å². The van der Waals surface area contributed by atoms with E-state index in [1.807, 2.05) is 13.0 Å². The van der Waals surface area contributed by atoms with E-state index in [4.69, 9.17) is 9.72 Å². The van der Waals surface area contributed by atoms with E-state index in [2.05, 4.69) is 16.7 Å². The molecule has 2 fully saturated rings. The van der Waals surface area contributed by atoms with Gasteiger partial charge >= 0.3 is 12.1 Å². The van der Waals surface area contributed by atoms with Crippen LogP contribution in [0.25, 0.3) is 11.0 Å². The number of hydrogen-bond donors (Lipinski definition) is 1. The van der Waals surface area contributed by atoms with E-state index in [0.717, 1.165) is 92.3 Å². The molecule has 36 heavy (non-hydrogen) atoms. The number of carboxylic acid groups (broad SMARTS) is 1. The van der Waals surface area contributed by atoms with Crippen LogP contribution in [0.15, 0.2) is 12.1 Å². The number of anilines is 1. The SMILES string of the molecule is COC(=O)N1c2ccc3c(nc(CC4CCC(C#N)CC4)n3C3CCCC(C(=O)O)C3)c2CC[C@@H]1C. The minimum atomic E-state index is -0.708. The number of carbonyl (C=O) groups excluding carboxylic acids is 1. The molecule has 2 saturated carbocycles. The zero-order valence-corrected chi connectivity index (χ0v) is 21.3. The number of carbonyl (C=O) groups is 2. The van der Waals surface area contributed by atoms with Gasteiger partial charge in [-0.3, -0.25) is 9.69 Å². The quantitative estimate of drug-likeness (QED) is 0.592. The molecule has 0 bridgehead atoms. The highest BCUT2D eigenvalue weighted by Gasteiger charge is 2.35. The molecule has 192 valence electrons. The van der Waals surface area contributed by atoms with Crippen LogP contribution in [0.5, 0.6) is 0 Å². The molecular formula is C28H36N4O4. The third-order valence-electron chi connectivity index (χ3n) is 8.76. The summed E-state index contributed by atoms with van der Waals surface area (Å²) in [5.41, 5.74) is 3.93. The molecule has 1 aromatic carbocycles. The second-order valence-electron chi connectivity index (χ2n) is 11.0. The molecule has 8 heteroatoms. The van der Waals surface area contributed by atoms with Gasteiger partial charge in [0.1, 0.15) is 5.82 Å². The summed E-state index contributed by atoms with van der Waals surface area (Å²) in [6.07, 6.45) is 9.29. The fourth-order valence-electron chi connectivity index (χ4n) is 6.75. The van der Waals surface area contributed by atoms with Gasteiger partial charge in [0.05, 0.1) is 35.8 Å². The highest BCUT2D eigenvalue weighted by molar-refractivity contribution is 5.95. The molecule has 8 nitrogen and oxygen atoms in total. The largest absolute Gasteiger partial charge is 0.481 e. The van der Waals surface area contributed by atoms with Crippen LogP contribution in [-0.2, 0) is 22.4 Å². The summed E-state index contributed by atoms with van der Waals surface area (Å²) >= 11 is 0. The number of nitriles is 1. The summed E-state index contributed by atoms with van der Waals surface area (Å²) in [6.45, 7) is 2.04. The molecule has 5 rings (SSSR count). The van der Waals surface area contributed by atoms with Crippen LogP contribution in [0.3, 0.4) is 0 Å². The number of aryl methyl sites for hydroxylation is 1. The summed E-state index contributed by atoms with van der Waals surface area (Å²) in [5.74, 6) is 0.631. The molecule has 1 amide bonds. The average molecular weight is 493 g/mol. The normalized spacial score (nSPS) is 28.4. The van der Waals surface area contributed by atoms with Gasteiger partial charge < -0.3 is 14.4 Å². The number of methoxy groups -OCH3 is 1. The molecule has 3 atom stereocenters. The molecule has 1 aromatic heterocycles. The van der Waals surface area contributed by atoms with Gasteiger partial charge in [-0.05, 0) is 82.8 Å². The van der Waals surface area contributed by atoms with E-state index in [1.165, 1.54) is 7.11 Å². The molecule has 2 unspecified atom stereocenters. The van der Waals surface area contributed by atoms with E-state index in [-0.39, 0.29) is 30.0 Å². The smallest absolute Gasteiger partial charge is 0.414 e. The van der Waals surface area contributed by atoms with Crippen molar-refractivity contribution in [2.24, 2.45) is 17.8 Å². The van der Waals surface area contributed by atoms with E-state index < -0.39 is 5.97 Å². The number of hydrogen-bond acceptors (Lipinski definition) is 5. The van der Waals surface area contributed by atoms with Gasteiger partial charge in [0, 0.05) is 30.0 Å². The van der Waals surface area contributed by atoms with E-state index >= 15 is 0 Å². The van der Waals surface area contributed by atoms with Gasteiger partial charge in [0.15, 0.2) is 0 Å². The van der Waals surface area contributed by atoms with Gasteiger partial charge in [-0.15, -0.1) is 0 Å². The van der Waals surface area contributed by atoms with Crippen LogP contribution in [0.1, 0.15) is 82.1 Å². The van der Waals surface area contributed by atoms with E-state index in [1.54, 1.807) is 4.90 Å². The molecule has 2 heterocycles.